The van der Waals surface area contributed by atoms with Crippen LogP contribution >= 0.6 is 11.6 Å². The molecule has 7 heteroatoms. The zero-order valence-electron chi connectivity index (χ0n) is 26.8. The Morgan fingerprint density at radius 1 is 1.17 bits per heavy atom. The summed E-state index contributed by atoms with van der Waals surface area (Å²) in [6.45, 7) is 13.5. The van der Waals surface area contributed by atoms with Crippen LogP contribution in [0.5, 0.6) is 5.75 Å². The van der Waals surface area contributed by atoms with Crippen molar-refractivity contribution in [1.29, 1.82) is 0 Å². The molecule has 234 valence electrons. The van der Waals surface area contributed by atoms with Gasteiger partial charge in [0.1, 0.15) is 5.75 Å². The van der Waals surface area contributed by atoms with E-state index >= 15 is 0 Å². The number of rotatable bonds is 5. The minimum atomic E-state index is -0.290. The number of ether oxygens (including phenoxy) is 1. The summed E-state index contributed by atoms with van der Waals surface area (Å²) in [4.78, 5) is 15.7. The molecule has 42 heavy (non-hydrogen) atoms. The minimum absolute atomic E-state index is 0. The number of carbonyl (C=O) groups is 1. The van der Waals surface area contributed by atoms with Gasteiger partial charge < -0.3 is 15.8 Å². The van der Waals surface area contributed by atoms with Gasteiger partial charge in [-0.3, -0.25) is 4.79 Å². The maximum Gasteiger partial charge on any atom is 0.282 e. The van der Waals surface area contributed by atoms with Gasteiger partial charge in [-0.2, -0.15) is 4.36 Å². The second-order valence-electron chi connectivity index (χ2n) is 12.0. The number of hydrogen-bond acceptors (Lipinski definition) is 4. The molecule has 0 radical (unpaired) electrons. The molecule has 2 aliphatic rings. The van der Waals surface area contributed by atoms with E-state index in [-0.39, 0.29) is 28.2 Å². The van der Waals surface area contributed by atoms with Gasteiger partial charge in [0.15, 0.2) is 0 Å². The Morgan fingerprint density at radius 2 is 1.95 bits per heavy atom. The lowest BCUT2D eigenvalue weighted by molar-refractivity contribution is 0.100. The molecular weight excluding hydrogens is 562 g/mol. The van der Waals surface area contributed by atoms with Crippen LogP contribution < -0.4 is 15.8 Å². The first-order valence-electron chi connectivity index (χ1n) is 15.5. The van der Waals surface area contributed by atoms with Gasteiger partial charge in [0, 0.05) is 34.8 Å². The smallest absolute Gasteiger partial charge is 0.282 e. The van der Waals surface area contributed by atoms with Crippen molar-refractivity contribution in [3.8, 4) is 5.75 Å². The van der Waals surface area contributed by atoms with E-state index in [1.54, 1.807) is 0 Å². The van der Waals surface area contributed by atoms with Crippen LogP contribution in [0.15, 0.2) is 59.0 Å². The number of amides is 1. The quantitative estimate of drug-likeness (QED) is 0.340. The van der Waals surface area contributed by atoms with Crippen LogP contribution in [0.2, 0.25) is 5.02 Å². The second kappa shape index (κ2) is 17.8. The van der Waals surface area contributed by atoms with Crippen molar-refractivity contribution in [1.82, 2.24) is 6.15 Å². The molecule has 4 atom stereocenters. The summed E-state index contributed by atoms with van der Waals surface area (Å²) in [5.41, 5.74) is 2.99. The molecule has 2 heterocycles. The fourth-order valence-corrected chi connectivity index (χ4v) is 7.45. The molecule has 2 aromatic carbocycles. The van der Waals surface area contributed by atoms with Crippen molar-refractivity contribution >= 4 is 33.9 Å². The third-order valence-corrected chi connectivity index (χ3v) is 9.86. The molecule has 5 nitrogen and oxygen atoms in total. The number of aryl methyl sites for hydroxylation is 1. The maximum absolute atomic E-state index is 13.2. The molecule has 0 fully saturated rings. The molecule has 2 bridgehead atoms. The largest absolute Gasteiger partial charge is 0.491 e. The highest BCUT2D eigenvalue weighted by atomic mass is 35.5. The predicted octanol–water partition coefficient (Wildman–Crippen LogP) is 9.73. The first kappa shape index (κ1) is 36.0. The van der Waals surface area contributed by atoms with E-state index in [1.165, 1.54) is 12.0 Å². The number of allylic oxidation sites excluding steroid dienone is 2. The lowest BCUT2D eigenvalue weighted by Crippen LogP contribution is -2.40. The summed E-state index contributed by atoms with van der Waals surface area (Å²) in [5, 5.41) is 0.797. The van der Waals surface area contributed by atoms with E-state index in [2.05, 4.69) is 60.6 Å². The fourth-order valence-electron chi connectivity index (χ4n) is 5.81. The van der Waals surface area contributed by atoms with Crippen molar-refractivity contribution in [3.63, 3.8) is 0 Å². The number of carbonyl (C=O) groups excluding carboxylic acids is 1. The van der Waals surface area contributed by atoms with Crippen molar-refractivity contribution in [2.75, 3.05) is 36.6 Å². The van der Waals surface area contributed by atoms with Crippen molar-refractivity contribution < 1.29 is 9.53 Å². The first-order chi connectivity index (χ1) is 19.7. The van der Waals surface area contributed by atoms with E-state index in [4.69, 9.17) is 16.3 Å². The van der Waals surface area contributed by atoms with Gasteiger partial charge in [-0.15, -0.1) is 0 Å². The Kier molecular flexibility index (Phi) is 15.3. The second-order valence-corrected chi connectivity index (χ2v) is 14.1. The highest BCUT2D eigenvalue weighted by molar-refractivity contribution is 7.86. The summed E-state index contributed by atoms with van der Waals surface area (Å²) < 4.78 is 11.1. The third-order valence-electron chi connectivity index (χ3n) is 8.10. The van der Waals surface area contributed by atoms with Crippen molar-refractivity contribution in [3.05, 3.63) is 70.8 Å². The number of nitrogens with zero attached hydrogens (tertiary/aromatic N) is 2. The lowest BCUT2D eigenvalue weighted by atomic mass is 9.84. The summed E-state index contributed by atoms with van der Waals surface area (Å²) >= 11 is 6.22. The normalized spacial score (nSPS) is 25.5. The minimum Gasteiger partial charge on any atom is -0.491 e. The molecular formula is C35H54ClN3O2S. The Bertz CT molecular complexity index is 1200. The van der Waals surface area contributed by atoms with Crippen LogP contribution in [-0.2, 0) is 17.1 Å². The number of hydrogen-bond donors (Lipinski definition) is 1. The summed E-state index contributed by atoms with van der Waals surface area (Å²) in [6.07, 6.45) is 14.4. The van der Waals surface area contributed by atoms with Crippen LogP contribution in [0.25, 0.3) is 0 Å². The van der Waals surface area contributed by atoms with Crippen LogP contribution in [0.3, 0.4) is 0 Å². The van der Waals surface area contributed by atoms with Crippen molar-refractivity contribution in [2.45, 2.75) is 79.6 Å². The molecule has 0 aromatic heterocycles. The van der Waals surface area contributed by atoms with Crippen LogP contribution in [-0.4, -0.2) is 37.6 Å². The lowest BCUT2D eigenvalue weighted by Gasteiger charge is -2.35. The monoisotopic (exact) mass is 615 g/mol. The number of halogens is 1. The van der Waals surface area contributed by atoms with E-state index < -0.39 is 0 Å². The van der Waals surface area contributed by atoms with Gasteiger partial charge in [0.05, 0.1) is 12.3 Å². The zero-order valence-corrected chi connectivity index (χ0v) is 28.4. The molecule has 0 saturated carbocycles. The summed E-state index contributed by atoms with van der Waals surface area (Å²) in [6, 6.07) is 14.1. The molecule has 4 unspecified atom stereocenters. The first-order valence-corrected chi connectivity index (χ1v) is 17.7. The van der Waals surface area contributed by atoms with Gasteiger partial charge in [-0.25, -0.2) is 0 Å². The summed E-state index contributed by atoms with van der Waals surface area (Å²) in [7, 11) is -0.290. The molecule has 2 aliphatic heterocycles. The molecule has 1 amide bonds. The molecule has 4 rings (SSSR count). The number of benzene rings is 2. The topological polar surface area (TPSA) is 76.9 Å². The van der Waals surface area contributed by atoms with E-state index in [9.17, 15) is 4.79 Å². The maximum atomic E-state index is 13.2. The summed E-state index contributed by atoms with van der Waals surface area (Å²) in [5.74, 6) is 2.81. The van der Waals surface area contributed by atoms with Crippen LogP contribution in [0, 0.1) is 17.3 Å². The third kappa shape index (κ3) is 10.8. The van der Waals surface area contributed by atoms with Gasteiger partial charge >= 0.3 is 0 Å². The van der Waals surface area contributed by atoms with Crippen LogP contribution in [0.1, 0.15) is 89.1 Å². The highest BCUT2D eigenvalue weighted by Crippen LogP contribution is 2.39. The Balaban J connectivity index is 0.00000201. The fraction of sp³-hybridized carbons (Fsp3) is 0.571. The van der Waals surface area contributed by atoms with Crippen LogP contribution in [0.4, 0.5) is 5.69 Å². The Morgan fingerprint density at radius 3 is 2.69 bits per heavy atom. The number of fused-ring (bicyclic) bond motifs is 1. The van der Waals surface area contributed by atoms with E-state index in [0.717, 1.165) is 73.8 Å². The Labute approximate surface area is 263 Å². The van der Waals surface area contributed by atoms with E-state index in [1.807, 2.05) is 44.2 Å². The average Bonchev–Trinajstić information content (AvgIpc) is 3.08. The SMILES string of the molecule is CC.CCC1CC/C=C/CC(C)CS(C)=NC(=O)c2ccc3c(c2)N(C1)CC(C)(CCCc1cccc(Cl)c1)CO3.N. The van der Waals surface area contributed by atoms with Gasteiger partial charge in [0.2, 0.25) is 0 Å². The molecule has 0 spiro atoms. The molecule has 2 aromatic rings. The number of anilines is 1. The zero-order chi connectivity index (χ0) is 29.8. The standard InChI is InChI=1S/C33H45ClN2O2S.C2H6.H3N/c1-5-26-12-8-6-7-11-25(2)22-39(4)35-32(37)28-16-17-31-30(20-28)36(21-26)23-33(3,24-38-31)18-10-14-27-13-9-15-29(34)19-27;1-2;/h6-7,9,13,15-17,19-20,25-26H,5,8,10-12,14,18,21-24H2,1-4H3;1-2H3;1H3/b7-6+;;. The molecule has 0 saturated heterocycles. The van der Waals surface area contributed by atoms with Gasteiger partial charge in [-0.05, 0) is 92.5 Å². The van der Waals surface area contributed by atoms with E-state index in [0.29, 0.717) is 24.0 Å². The van der Waals surface area contributed by atoms with Crippen molar-refractivity contribution in [2.24, 2.45) is 21.6 Å². The average molecular weight is 616 g/mol. The highest BCUT2D eigenvalue weighted by Gasteiger charge is 2.33. The molecule has 3 N–H and O–H groups in total. The molecule has 0 aliphatic carbocycles. The predicted molar refractivity (Wildman–Crippen MR) is 184 cm³/mol. The van der Waals surface area contributed by atoms with Gasteiger partial charge in [0.25, 0.3) is 5.91 Å². The van der Waals surface area contributed by atoms with Gasteiger partial charge in [-0.1, -0.05) is 87.6 Å². The Hall–Kier alpha value is -2.15.